The van der Waals surface area contributed by atoms with Crippen molar-refractivity contribution in [2.45, 2.75) is 33.1 Å². The number of aryl methyl sites for hydroxylation is 1. The summed E-state index contributed by atoms with van der Waals surface area (Å²) in [4.78, 5) is 18.0. The number of rotatable bonds is 5. The average molecular weight is 498 g/mol. The summed E-state index contributed by atoms with van der Waals surface area (Å²) in [5.41, 5.74) is 3.31. The molecule has 158 valence electrons. The van der Waals surface area contributed by atoms with Gasteiger partial charge in [-0.05, 0) is 67.4 Å². The summed E-state index contributed by atoms with van der Waals surface area (Å²) in [5.74, 6) is 0.739. The zero-order valence-electron chi connectivity index (χ0n) is 17.5. The van der Waals surface area contributed by atoms with Crippen LogP contribution in [0, 0.1) is 6.92 Å². The van der Waals surface area contributed by atoms with Gasteiger partial charge in [-0.3, -0.25) is 4.79 Å². The Morgan fingerprint density at radius 2 is 2.03 bits per heavy atom. The van der Waals surface area contributed by atoms with Gasteiger partial charge in [0.25, 0.3) is 5.56 Å². The third-order valence-corrected chi connectivity index (χ3v) is 6.31. The molecule has 0 aliphatic carbocycles. The third kappa shape index (κ3) is 4.23. The maximum atomic E-state index is 13.3. The minimum Gasteiger partial charge on any atom is -0.316 e. The summed E-state index contributed by atoms with van der Waals surface area (Å²) in [7, 11) is 0. The number of hydrogen-bond acceptors (Lipinski definition) is 3. The second-order valence-electron chi connectivity index (χ2n) is 7.54. The van der Waals surface area contributed by atoms with Crippen LogP contribution in [-0.4, -0.2) is 20.4 Å². The van der Waals surface area contributed by atoms with Crippen LogP contribution in [-0.2, 0) is 0 Å². The molecule has 5 nitrogen and oxygen atoms in total. The molecule has 0 unspecified atom stereocenters. The second-order valence-corrected chi connectivity index (χ2v) is 8.86. The summed E-state index contributed by atoms with van der Waals surface area (Å²) < 4.78 is 4.26. The van der Waals surface area contributed by atoms with E-state index in [2.05, 4.69) is 34.9 Å². The average Bonchev–Trinajstić information content (AvgIpc) is 3.23. The summed E-state index contributed by atoms with van der Waals surface area (Å²) in [6.45, 7) is 6.10. The van der Waals surface area contributed by atoms with Crippen LogP contribution in [0.25, 0.3) is 16.6 Å². The van der Waals surface area contributed by atoms with Crippen LogP contribution < -0.4 is 5.56 Å². The minimum atomic E-state index is -0.182. The molecule has 0 aliphatic heterocycles. The molecule has 2 aromatic heterocycles. The molecule has 0 amide bonds. The van der Waals surface area contributed by atoms with Crippen LogP contribution in [0.15, 0.2) is 69.1 Å². The van der Waals surface area contributed by atoms with Crippen molar-refractivity contribution in [3.63, 3.8) is 0 Å². The number of halogens is 2. The predicted molar refractivity (Wildman–Crippen MR) is 131 cm³/mol. The molecule has 0 bridgehead atoms. The van der Waals surface area contributed by atoms with E-state index in [1.165, 1.54) is 4.68 Å². The van der Waals surface area contributed by atoms with Crippen molar-refractivity contribution < 1.29 is 0 Å². The molecule has 2 aromatic carbocycles. The Morgan fingerprint density at radius 1 is 1.23 bits per heavy atom. The first-order chi connectivity index (χ1) is 14.9. The lowest BCUT2D eigenvalue weighted by atomic mass is 10.1. The van der Waals surface area contributed by atoms with E-state index in [0.717, 1.165) is 32.9 Å². The number of benzene rings is 2. The van der Waals surface area contributed by atoms with E-state index >= 15 is 0 Å². The quantitative estimate of drug-likeness (QED) is 0.304. The van der Waals surface area contributed by atoms with E-state index in [1.807, 2.05) is 60.2 Å². The van der Waals surface area contributed by atoms with Gasteiger partial charge in [0.2, 0.25) is 0 Å². The molecule has 1 atom stereocenters. The highest BCUT2D eigenvalue weighted by molar-refractivity contribution is 9.10. The third-order valence-electron chi connectivity index (χ3n) is 5.39. The molecular formula is C24H22BrClN4O. The molecule has 0 N–H and O–H groups in total. The van der Waals surface area contributed by atoms with Crippen molar-refractivity contribution in [3.05, 3.63) is 91.7 Å². The summed E-state index contributed by atoms with van der Waals surface area (Å²) >= 11 is 9.62. The Kier molecular flexibility index (Phi) is 6.12. The zero-order valence-corrected chi connectivity index (χ0v) is 19.9. The van der Waals surface area contributed by atoms with Crippen molar-refractivity contribution in [1.29, 1.82) is 0 Å². The van der Waals surface area contributed by atoms with Gasteiger partial charge in [0.05, 0.1) is 22.8 Å². The van der Waals surface area contributed by atoms with E-state index in [0.29, 0.717) is 16.7 Å². The molecule has 4 rings (SSSR count). The maximum Gasteiger partial charge on any atom is 0.282 e. The molecule has 4 aromatic rings. The van der Waals surface area contributed by atoms with Crippen LogP contribution in [0.1, 0.15) is 43.3 Å². The van der Waals surface area contributed by atoms with Gasteiger partial charge in [-0.1, -0.05) is 41.4 Å². The lowest BCUT2D eigenvalue weighted by molar-refractivity contribution is 0.613. The molecule has 0 fully saturated rings. The normalized spacial score (nSPS) is 12.7. The molecule has 2 heterocycles. The van der Waals surface area contributed by atoms with Crippen LogP contribution >= 0.6 is 27.5 Å². The molecule has 0 saturated carbocycles. The van der Waals surface area contributed by atoms with Crippen molar-refractivity contribution >= 4 is 44.6 Å². The van der Waals surface area contributed by atoms with Crippen molar-refractivity contribution in [1.82, 2.24) is 14.2 Å². The lowest BCUT2D eigenvalue weighted by Crippen LogP contribution is -2.24. The molecular weight excluding hydrogens is 476 g/mol. The first-order valence-corrected chi connectivity index (χ1v) is 11.3. The molecule has 0 aliphatic rings. The Labute approximate surface area is 194 Å². The fourth-order valence-electron chi connectivity index (χ4n) is 3.41. The molecule has 0 saturated heterocycles. The van der Waals surface area contributed by atoms with E-state index in [9.17, 15) is 4.79 Å². The Balaban J connectivity index is 1.84. The Hall–Kier alpha value is -2.70. The largest absolute Gasteiger partial charge is 0.316 e. The van der Waals surface area contributed by atoms with Gasteiger partial charge in [0, 0.05) is 27.3 Å². The SMILES string of the molecule is CC[C@@H](C)c1nc2ccc(Br)cc2c(=O)n1N=Cc1cccn1-c1ccc(Cl)c(C)c1. The molecule has 0 spiro atoms. The number of fused-ring (bicyclic) bond motifs is 1. The van der Waals surface area contributed by atoms with Gasteiger partial charge in [-0.2, -0.15) is 9.78 Å². The summed E-state index contributed by atoms with van der Waals surface area (Å²) in [5, 5.41) is 5.83. The van der Waals surface area contributed by atoms with Crippen LogP contribution in [0.3, 0.4) is 0 Å². The van der Waals surface area contributed by atoms with E-state index in [1.54, 1.807) is 12.3 Å². The first kappa shape index (κ1) is 21.5. The fraction of sp³-hybridized carbons (Fsp3) is 0.208. The van der Waals surface area contributed by atoms with Gasteiger partial charge >= 0.3 is 0 Å². The number of hydrogen-bond donors (Lipinski definition) is 0. The monoisotopic (exact) mass is 496 g/mol. The predicted octanol–water partition coefficient (Wildman–Crippen LogP) is 6.31. The summed E-state index contributed by atoms with van der Waals surface area (Å²) in [6.07, 6.45) is 4.51. The zero-order chi connectivity index (χ0) is 22.1. The number of aromatic nitrogens is 3. The summed E-state index contributed by atoms with van der Waals surface area (Å²) in [6, 6.07) is 15.3. The van der Waals surface area contributed by atoms with Gasteiger partial charge in [0.15, 0.2) is 0 Å². The van der Waals surface area contributed by atoms with E-state index in [4.69, 9.17) is 16.6 Å². The standard InChI is InChI=1S/C24H22BrClN4O/c1-4-15(2)23-28-22-10-7-17(25)13-20(22)24(31)30(23)27-14-19-6-5-11-29(19)18-8-9-21(26)16(3)12-18/h5-15H,4H2,1-3H3/t15-/m1/s1. The van der Waals surface area contributed by atoms with Crippen molar-refractivity contribution in [3.8, 4) is 5.69 Å². The minimum absolute atomic E-state index is 0.0867. The fourth-order valence-corrected chi connectivity index (χ4v) is 3.89. The van der Waals surface area contributed by atoms with Crippen LogP contribution in [0.5, 0.6) is 0 Å². The lowest BCUT2D eigenvalue weighted by Gasteiger charge is -2.14. The van der Waals surface area contributed by atoms with Gasteiger partial charge in [-0.25, -0.2) is 4.98 Å². The van der Waals surface area contributed by atoms with Gasteiger partial charge in [0.1, 0.15) is 5.82 Å². The van der Waals surface area contributed by atoms with Gasteiger partial charge in [-0.15, -0.1) is 0 Å². The smallest absolute Gasteiger partial charge is 0.282 e. The van der Waals surface area contributed by atoms with E-state index < -0.39 is 0 Å². The molecule has 31 heavy (non-hydrogen) atoms. The maximum absolute atomic E-state index is 13.3. The first-order valence-electron chi connectivity index (χ1n) is 10.1. The second kappa shape index (κ2) is 8.81. The Bertz CT molecular complexity index is 1360. The molecule has 0 radical (unpaired) electrons. The number of nitrogens with zero attached hydrogens (tertiary/aromatic N) is 4. The van der Waals surface area contributed by atoms with Gasteiger partial charge < -0.3 is 4.57 Å². The highest BCUT2D eigenvalue weighted by Gasteiger charge is 2.16. The highest BCUT2D eigenvalue weighted by atomic mass is 79.9. The van der Waals surface area contributed by atoms with Crippen molar-refractivity contribution in [2.75, 3.05) is 0 Å². The van der Waals surface area contributed by atoms with E-state index in [-0.39, 0.29) is 11.5 Å². The van der Waals surface area contributed by atoms with Crippen molar-refractivity contribution in [2.24, 2.45) is 5.10 Å². The topological polar surface area (TPSA) is 52.2 Å². The molecule has 7 heteroatoms. The van der Waals surface area contributed by atoms with Crippen LogP contribution in [0.2, 0.25) is 5.02 Å². The van der Waals surface area contributed by atoms with Crippen LogP contribution in [0.4, 0.5) is 0 Å². The Morgan fingerprint density at radius 3 is 2.77 bits per heavy atom. The highest BCUT2D eigenvalue weighted by Crippen LogP contribution is 2.22.